The Balaban J connectivity index is 4.06. The molecule has 134 valence electrons. The monoisotopic (exact) mass is 320 g/mol. The molecule has 0 amide bonds. The molecule has 0 aromatic heterocycles. The van der Waals surface area contributed by atoms with Crippen LogP contribution in [0.15, 0.2) is 0 Å². The SMILES string of the molecule is CC(C)C(O)CC(O)CC(O)CC(O)CC(O)CC(C)(C)C. The molecule has 0 rings (SSSR count). The molecule has 0 heterocycles. The summed E-state index contributed by atoms with van der Waals surface area (Å²) in [4.78, 5) is 0. The summed E-state index contributed by atoms with van der Waals surface area (Å²) < 4.78 is 0. The standard InChI is InChI=1S/C17H36O5/c1-11(2)16(22)9-14(20)7-12(18)6-13(19)8-15(21)10-17(3,4)5/h11-16,18-22H,6-10H2,1-5H3. The van der Waals surface area contributed by atoms with Gasteiger partial charge in [-0.15, -0.1) is 0 Å². The van der Waals surface area contributed by atoms with Gasteiger partial charge < -0.3 is 25.5 Å². The van der Waals surface area contributed by atoms with Gasteiger partial charge in [0.2, 0.25) is 0 Å². The van der Waals surface area contributed by atoms with Gasteiger partial charge in [-0.1, -0.05) is 34.6 Å². The maximum absolute atomic E-state index is 9.92. The van der Waals surface area contributed by atoms with Crippen LogP contribution in [0.5, 0.6) is 0 Å². The van der Waals surface area contributed by atoms with E-state index in [-0.39, 0.29) is 37.0 Å². The van der Waals surface area contributed by atoms with E-state index in [9.17, 15) is 25.5 Å². The third kappa shape index (κ3) is 11.4. The highest BCUT2D eigenvalue weighted by Gasteiger charge is 2.23. The third-order valence-electron chi connectivity index (χ3n) is 3.76. The third-order valence-corrected chi connectivity index (χ3v) is 3.76. The van der Waals surface area contributed by atoms with Crippen molar-refractivity contribution in [3.63, 3.8) is 0 Å². The average Bonchev–Trinajstić information content (AvgIpc) is 2.24. The van der Waals surface area contributed by atoms with E-state index in [1.54, 1.807) is 0 Å². The molecule has 5 unspecified atom stereocenters. The second kappa shape index (κ2) is 9.83. The Morgan fingerprint density at radius 1 is 0.636 bits per heavy atom. The molecule has 0 saturated carbocycles. The van der Waals surface area contributed by atoms with Crippen molar-refractivity contribution in [3.8, 4) is 0 Å². The van der Waals surface area contributed by atoms with Crippen molar-refractivity contribution in [2.24, 2.45) is 11.3 Å². The van der Waals surface area contributed by atoms with Crippen molar-refractivity contribution in [3.05, 3.63) is 0 Å². The van der Waals surface area contributed by atoms with Crippen LogP contribution >= 0.6 is 0 Å². The highest BCUT2D eigenvalue weighted by atomic mass is 16.3. The van der Waals surface area contributed by atoms with Gasteiger partial charge in [0, 0.05) is 0 Å². The normalized spacial score (nSPS) is 19.8. The van der Waals surface area contributed by atoms with Gasteiger partial charge in [0.05, 0.1) is 30.5 Å². The van der Waals surface area contributed by atoms with Crippen molar-refractivity contribution in [1.29, 1.82) is 0 Å². The summed E-state index contributed by atoms with van der Waals surface area (Å²) in [5.41, 5.74) is -0.0130. The first-order valence-electron chi connectivity index (χ1n) is 8.31. The van der Waals surface area contributed by atoms with Crippen molar-refractivity contribution < 1.29 is 25.5 Å². The summed E-state index contributed by atoms with van der Waals surface area (Å²) >= 11 is 0. The van der Waals surface area contributed by atoms with Crippen LogP contribution in [0.4, 0.5) is 0 Å². The molecule has 0 bridgehead atoms. The Morgan fingerprint density at radius 3 is 1.36 bits per heavy atom. The number of aliphatic hydroxyl groups excluding tert-OH is 5. The van der Waals surface area contributed by atoms with E-state index >= 15 is 0 Å². The van der Waals surface area contributed by atoms with Crippen LogP contribution in [0.1, 0.15) is 66.7 Å². The molecule has 0 saturated heterocycles. The predicted molar refractivity (Wildman–Crippen MR) is 87.4 cm³/mol. The van der Waals surface area contributed by atoms with E-state index in [4.69, 9.17) is 0 Å². The molecule has 5 heteroatoms. The first-order chi connectivity index (χ1) is 9.90. The minimum atomic E-state index is -0.841. The molecular formula is C17H36O5. The Bertz CT molecular complexity index is 287. The van der Waals surface area contributed by atoms with Gasteiger partial charge >= 0.3 is 0 Å². The quantitative estimate of drug-likeness (QED) is 0.419. The second-order valence-corrected chi connectivity index (χ2v) is 8.13. The number of rotatable bonds is 10. The minimum absolute atomic E-state index is 0.0130. The van der Waals surface area contributed by atoms with Crippen molar-refractivity contribution >= 4 is 0 Å². The molecule has 0 spiro atoms. The van der Waals surface area contributed by atoms with Crippen LogP contribution in [0.2, 0.25) is 0 Å². The fraction of sp³-hybridized carbons (Fsp3) is 1.00. The summed E-state index contributed by atoms with van der Waals surface area (Å²) in [7, 11) is 0. The maximum atomic E-state index is 9.92. The molecule has 5 nitrogen and oxygen atoms in total. The van der Waals surface area contributed by atoms with Crippen LogP contribution in [0.25, 0.3) is 0 Å². The molecule has 5 N–H and O–H groups in total. The summed E-state index contributed by atoms with van der Waals surface area (Å²) in [6.45, 7) is 9.80. The van der Waals surface area contributed by atoms with Crippen molar-refractivity contribution in [2.45, 2.75) is 97.2 Å². The smallest absolute Gasteiger partial charge is 0.0589 e. The van der Waals surface area contributed by atoms with Gasteiger partial charge in [0.25, 0.3) is 0 Å². The number of aliphatic hydroxyl groups is 5. The lowest BCUT2D eigenvalue weighted by molar-refractivity contribution is -0.00284. The van der Waals surface area contributed by atoms with E-state index in [0.717, 1.165) is 0 Å². The van der Waals surface area contributed by atoms with Crippen molar-refractivity contribution in [1.82, 2.24) is 0 Å². The molecule has 0 aromatic carbocycles. The fourth-order valence-electron chi connectivity index (χ4n) is 2.57. The molecule has 22 heavy (non-hydrogen) atoms. The van der Waals surface area contributed by atoms with E-state index in [1.165, 1.54) is 0 Å². The zero-order valence-corrected chi connectivity index (χ0v) is 14.7. The van der Waals surface area contributed by atoms with Gasteiger partial charge in [-0.2, -0.15) is 0 Å². The zero-order valence-electron chi connectivity index (χ0n) is 14.7. The largest absolute Gasteiger partial charge is 0.393 e. The van der Waals surface area contributed by atoms with Crippen LogP contribution in [-0.2, 0) is 0 Å². The van der Waals surface area contributed by atoms with Gasteiger partial charge in [-0.3, -0.25) is 0 Å². The topological polar surface area (TPSA) is 101 Å². The maximum Gasteiger partial charge on any atom is 0.0589 e. The first kappa shape index (κ1) is 21.8. The lowest BCUT2D eigenvalue weighted by Crippen LogP contribution is -2.29. The summed E-state index contributed by atoms with van der Waals surface area (Å²) in [5, 5.41) is 49.3. The van der Waals surface area contributed by atoms with Gasteiger partial charge in [0.15, 0.2) is 0 Å². The predicted octanol–water partition coefficient (Wildman–Crippen LogP) is 1.44. The molecule has 0 radical (unpaired) electrons. The number of hydrogen-bond acceptors (Lipinski definition) is 5. The highest BCUT2D eigenvalue weighted by Crippen LogP contribution is 2.23. The van der Waals surface area contributed by atoms with Crippen molar-refractivity contribution in [2.75, 3.05) is 0 Å². The molecule has 5 atom stereocenters. The summed E-state index contributed by atoms with van der Waals surface area (Å²) in [6.07, 6.45) is -2.36. The Labute approximate surface area is 135 Å². The highest BCUT2D eigenvalue weighted by molar-refractivity contribution is 4.75. The van der Waals surface area contributed by atoms with E-state index < -0.39 is 30.5 Å². The molecular weight excluding hydrogens is 284 g/mol. The van der Waals surface area contributed by atoms with E-state index in [2.05, 4.69) is 0 Å². The Morgan fingerprint density at radius 2 is 1.00 bits per heavy atom. The fourth-order valence-corrected chi connectivity index (χ4v) is 2.57. The molecule has 0 fully saturated rings. The Hall–Kier alpha value is -0.200. The van der Waals surface area contributed by atoms with Crippen LogP contribution in [0.3, 0.4) is 0 Å². The van der Waals surface area contributed by atoms with Crippen LogP contribution in [0, 0.1) is 11.3 Å². The lowest BCUT2D eigenvalue weighted by Gasteiger charge is -2.25. The minimum Gasteiger partial charge on any atom is -0.393 e. The van der Waals surface area contributed by atoms with Gasteiger partial charge in [-0.25, -0.2) is 0 Å². The zero-order chi connectivity index (χ0) is 17.5. The Kier molecular flexibility index (Phi) is 9.74. The molecule has 0 aromatic rings. The number of hydrogen-bond donors (Lipinski definition) is 5. The van der Waals surface area contributed by atoms with Gasteiger partial charge in [-0.05, 0) is 43.4 Å². The summed E-state index contributed by atoms with van der Waals surface area (Å²) in [6, 6.07) is 0. The van der Waals surface area contributed by atoms with E-state index in [1.807, 2.05) is 34.6 Å². The molecule has 0 aliphatic heterocycles. The second-order valence-electron chi connectivity index (χ2n) is 8.13. The van der Waals surface area contributed by atoms with E-state index in [0.29, 0.717) is 6.42 Å². The van der Waals surface area contributed by atoms with Crippen LogP contribution in [-0.4, -0.2) is 56.1 Å². The first-order valence-corrected chi connectivity index (χ1v) is 8.31. The van der Waals surface area contributed by atoms with Gasteiger partial charge in [0.1, 0.15) is 0 Å². The lowest BCUT2D eigenvalue weighted by atomic mass is 9.87. The molecule has 0 aliphatic carbocycles. The summed E-state index contributed by atoms with van der Waals surface area (Å²) in [5.74, 6) is 0.0601. The average molecular weight is 320 g/mol. The van der Waals surface area contributed by atoms with Crippen LogP contribution < -0.4 is 0 Å². The molecule has 0 aliphatic rings.